The van der Waals surface area contributed by atoms with Gasteiger partial charge in [-0.2, -0.15) is 0 Å². The number of aliphatic hydroxyl groups is 1. The van der Waals surface area contributed by atoms with Crippen molar-refractivity contribution in [2.24, 2.45) is 0 Å². The molecule has 3 heteroatoms. The standard InChI is InChI=1S/C16H25NO2/c1-5-16(3,12-18)17-11-13(2)10-14-6-8-15(19-4)9-7-14/h6-10,17-18H,5,11-12H2,1-4H3/b13-10+. The molecule has 1 atom stereocenters. The van der Waals surface area contributed by atoms with Gasteiger partial charge in [-0.1, -0.05) is 30.7 Å². The Bertz CT molecular complexity index is 405. The first kappa shape index (κ1) is 15.7. The van der Waals surface area contributed by atoms with Crippen molar-refractivity contribution < 1.29 is 9.84 Å². The van der Waals surface area contributed by atoms with Gasteiger partial charge in [0, 0.05) is 12.1 Å². The molecule has 0 saturated heterocycles. The summed E-state index contributed by atoms with van der Waals surface area (Å²) in [6.45, 7) is 7.13. The highest BCUT2D eigenvalue weighted by Crippen LogP contribution is 2.14. The van der Waals surface area contributed by atoms with Gasteiger partial charge < -0.3 is 15.2 Å². The van der Waals surface area contributed by atoms with Crippen LogP contribution in [0.15, 0.2) is 29.8 Å². The Morgan fingerprint density at radius 1 is 1.37 bits per heavy atom. The molecule has 1 rings (SSSR count). The molecule has 0 aromatic heterocycles. The lowest BCUT2D eigenvalue weighted by molar-refractivity contribution is 0.174. The summed E-state index contributed by atoms with van der Waals surface area (Å²) >= 11 is 0. The smallest absolute Gasteiger partial charge is 0.118 e. The van der Waals surface area contributed by atoms with Crippen LogP contribution in [0.2, 0.25) is 0 Å². The largest absolute Gasteiger partial charge is 0.497 e. The molecule has 0 aliphatic heterocycles. The van der Waals surface area contributed by atoms with Crippen molar-refractivity contribution in [1.82, 2.24) is 5.32 Å². The van der Waals surface area contributed by atoms with E-state index in [9.17, 15) is 5.11 Å². The van der Waals surface area contributed by atoms with Gasteiger partial charge in [0.1, 0.15) is 5.75 Å². The second kappa shape index (κ2) is 7.31. The fraction of sp³-hybridized carbons (Fsp3) is 0.500. The molecule has 0 saturated carbocycles. The lowest BCUT2D eigenvalue weighted by atomic mass is 10.00. The number of hydrogen-bond donors (Lipinski definition) is 2. The summed E-state index contributed by atoms with van der Waals surface area (Å²) in [4.78, 5) is 0. The maximum absolute atomic E-state index is 9.35. The summed E-state index contributed by atoms with van der Waals surface area (Å²) < 4.78 is 5.13. The van der Waals surface area contributed by atoms with E-state index < -0.39 is 0 Å². The van der Waals surface area contributed by atoms with Gasteiger partial charge in [0.25, 0.3) is 0 Å². The third-order valence-corrected chi connectivity index (χ3v) is 3.45. The van der Waals surface area contributed by atoms with Crippen LogP contribution >= 0.6 is 0 Å². The van der Waals surface area contributed by atoms with Gasteiger partial charge >= 0.3 is 0 Å². The van der Waals surface area contributed by atoms with Crippen LogP contribution < -0.4 is 10.1 Å². The molecule has 0 heterocycles. The van der Waals surface area contributed by atoms with Gasteiger partial charge in [-0.05, 0) is 38.0 Å². The number of methoxy groups -OCH3 is 1. The van der Waals surface area contributed by atoms with E-state index in [0.717, 1.165) is 24.3 Å². The molecule has 1 aromatic rings. The molecule has 0 aliphatic rings. The minimum absolute atomic E-state index is 0.152. The van der Waals surface area contributed by atoms with Gasteiger partial charge in [-0.25, -0.2) is 0 Å². The van der Waals surface area contributed by atoms with E-state index >= 15 is 0 Å². The van der Waals surface area contributed by atoms with E-state index in [0.29, 0.717) is 0 Å². The van der Waals surface area contributed by atoms with Crippen LogP contribution in [0.25, 0.3) is 6.08 Å². The van der Waals surface area contributed by atoms with E-state index in [1.807, 2.05) is 31.2 Å². The first-order valence-corrected chi connectivity index (χ1v) is 6.70. The van der Waals surface area contributed by atoms with Crippen LogP contribution in [0.4, 0.5) is 0 Å². The van der Waals surface area contributed by atoms with Crippen LogP contribution in [0.1, 0.15) is 32.8 Å². The van der Waals surface area contributed by atoms with Crippen LogP contribution in [-0.2, 0) is 0 Å². The summed E-state index contributed by atoms with van der Waals surface area (Å²) in [5, 5.41) is 12.7. The zero-order chi connectivity index (χ0) is 14.3. The Hall–Kier alpha value is -1.32. The second-order valence-electron chi connectivity index (χ2n) is 5.19. The molecule has 2 N–H and O–H groups in total. The molecular formula is C16H25NO2. The van der Waals surface area contributed by atoms with E-state index in [2.05, 4.69) is 25.2 Å². The summed E-state index contributed by atoms with van der Waals surface area (Å²) in [6.07, 6.45) is 3.04. The van der Waals surface area contributed by atoms with Gasteiger partial charge in [0.15, 0.2) is 0 Å². The number of hydrogen-bond acceptors (Lipinski definition) is 3. The maximum atomic E-state index is 9.35. The first-order valence-electron chi connectivity index (χ1n) is 6.70. The Balaban J connectivity index is 2.61. The Kier molecular flexibility index (Phi) is 6.06. The summed E-state index contributed by atoms with van der Waals surface area (Å²) in [5.74, 6) is 0.867. The van der Waals surface area contributed by atoms with Crippen molar-refractivity contribution in [2.45, 2.75) is 32.7 Å². The third-order valence-electron chi connectivity index (χ3n) is 3.45. The topological polar surface area (TPSA) is 41.5 Å². The molecular weight excluding hydrogens is 238 g/mol. The highest BCUT2D eigenvalue weighted by molar-refractivity contribution is 5.53. The number of ether oxygens (including phenoxy) is 1. The van der Waals surface area contributed by atoms with Crippen molar-refractivity contribution in [3.8, 4) is 5.75 Å². The molecule has 0 fully saturated rings. The minimum Gasteiger partial charge on any atom is -0.497 e. The lowest BCUT2D eigenvalue weighted by Gasteiger charge is -2.27. The lowest BCUT2D eigenvalue weighted by Crippen LogP contribution is -2.45. The molecule has 1 unspecified atom stereocenters. The molecule has 0 bridgehead atoms. The van der Waals surface area contributed by atoms with Gasteiger partial charge in [-0.15, -0.1) is 0 Å². The molecule has 0 radical (unpaired) electrons. The monoisotopic (exact) mass is 263 g/mol. The average molecular weight is 263 g/mol. The Morgan fingerprint density at radius 3 is 2.47 bits per heavy atom. The van der Waals surface area contributed by atoms with Gasteiger partial charge in [-0.3, -0.25) is 0 Å². The molecule has 106 valence electrons. The van der Waals surface area contributed by atoms with Crippen molar-refractivity contribution in [3.05, 3.63) is 35.4 Å². The number of aliphatic hydroxyl groups excluding tert-OH is 1. The summed E-state index contributed by atoms with van der Waals surface area (Å²) in [7, 11) is 1.67. The first-order chi connectivity index (χ1) is 9.03. The zero-order valence-corrected chi connectivity index (χ0v) is 12.4. The Morgan fingerprint density at radius 2 is 2.00 bits per heavy atom. The average Bonchev–Trinajstić information content (AvgIpc) is 2.45. The maximum Gasteiger partial charge on any atom is 0.118 e. The van der Waals surface area contributed by atoms with Crippen LogP contribution in [0, 0.1) is 0 Å². The van der Waals surface area contributed by atoms with Crippen LogP contribution in [0.3, 0.4) is 0 Å². The number of nitrogens with one attached hydrogen (secondary N) is 1. The molecule has 0 amide bonds. The number of benzene rings is 1. The minimum atomic E-state index is -0.199. The van der Waals surface area contributed by atoms with E-state index in [-0.39, 0.29) is 12.1 Å². The molecule has 19 heavy (non-hydrogen) atoms. The Labute approximate surface area is 116 Å². The van der Waals surface area contributed by atoms with Gasteiger partial charge in [0.05, 0.1) is 13.7 Å². The van der Waals surface area contributed by atoms with E-state index in [4.69, 9.17) is 4.74 Å². The predicted molar refractivity (Wildman–Crippen MR) is 80.4 cm³/mol. The summed E-state index contributed by atoms with van der Waals surface area (Å²) in [5.41, 5.74) is 2.19. The highest BCUT2D eigenvalue weighted by atomic mass is 16.5. The quantitative estimate of drug-likeness (QED) is 0.795. The molecule has 3 nitrogen and oxygen atoms in total. The second-order valence-corrected chi connectivity index (χ2v) is 5.19. The van der Waals surface area contributed by atoms with E-state index in [1.165, 1.54) is 5.57 Å². The highest BCUT2D eigenvalue weighted by Gasteiger charge is 2.19. The normalized spacial score (nSPS) is 15.1. The van der Waals surface area contributed by atoms with Crippen molar-refractivity contribution in [2.75, 3.05) is 20.3 Å². The fourth-order valence-electron chi connectivity index (χ4n) is 1.68. The number of rotatable bonds is 7. The van der Waals surface area contributed by atoms with Crippen LogP contribution in [-0.4, -0.2) is 30.9 Å². The third kappa shape index (κ3) is 5.05. The van der Waals surface area contributed by atoms with Crippen LogP contribution in [0.5, 0.6) is 5.75 Å². The zero-order valence-electron chi connectivity index (χ0n) is 12.4. The summed E-state index contributed by atoms with van der Waals surface area (Å²) in [6, 6.07) is 7.98. The SMILES string of the molecule is CCC(C)(CO)NC/C(C)=C/c1ccc(OC)cc1. The molecule has 1 aromatic carbocycles. The van der Waals surface area contributed by atoms with E-state index in [1.54, 1.807) is 7.11 Å². The molecule has 0 spiro atoms. The molecule has 0 aliphatic carbocycles. The fourth-order valence-corrected chi connectivity index (χ4v) is 1.68. The van der Waals surface area contributed by atoms with Crippen molar-refractivity contribution in [3.63, 3.8) is 0 Å². The predicted octanol–water partition coefficient (Wildman–Crippen LogP) is 2.85. The van der Waals surface area contributed by atoms with Gasteiger partial charge in [0.2, 0.25) is 0 Å². The van der Waals surface area contributed by atoms with Crippen molar-refractivity contribution >= 4 is 6.08 Å². The van der Waals surface area contributed by atoms with Crippen molar-refractivity contribution in [1.29, 1.82) is 0 Å².